The van der Waals surface area contributed by atoms with E-state index < -0.39 is 0 Å². The van der Waals surface area contributed by atoms with Crippen molar-refractivity contribution >= 4 is 11.8 Å². The van der Waals surface area contributed by atoms with Crippen molar-refractivity contribution in [2.75, 3.05) is 12.3 Å². The van der Waals surface area contributed by atoms with Gasteiger partial charge in [-0.1, -0.05) is 12.2 Å². The van der Waals surface area contributed by atoms with Gasteiger partial charge in [0.15, 0.2) is 0 Å². The van der Waals surface area contributed by atoms with Crippen LogP contribution in [0.4, 0.5) is 0 Å². The molecule has 66 valence electrons. The highest BCUT2D eigenvalue weighted by Gasteiger charge is 1.97. The number of aryl methyl sites for hydroxylation is 1. The van der Waals surface area contributed by atoms with Crippen molar-refractivity contribution in [1.29, 1.82) is 0 Å². The molecule has 12 heavy (non-hydrogen) atoms. The Balaban J connectivity index is 2.38. The van der Waals surface area contributed by atoms with Gasteiger partial charge in [0.1, 0.15) is 0 Å². The van der Waals surface area contributed by atoms with E-state index in [2.05, 4.69) is 11.7 Å². The summed E-state index contributed by atoms with van der Waals surface area (Å²) in [6.45, 7) is 4.38. The third kappa shape index (κ3) is 2.71. The van der Waals surface area contributed by atoms with Gasteiger partial charge in [0.2, 0.25) is 0 Å². The quantitative estimate of drug-likeness (QED) is 0.560. The molecule has 1 rings (SSSR count). The molecule has 2 N–H and O–H groups in total. The summed E-state index contributed by atoms with van der Waals surface area (Å²) in [6.07, 6.45) is 3.82. The van der Waals surface area contributed by atoms with E-state index in [-0.39, 0.29) is 0 Å². The number of thioether (sulfide) groups is 1. The molecule has 0 radical (unpaired) electrons. The topological polar surface area (TPSA) is 43.8 Å². The maximum atomic E-state index is 5.41. The molecule has 0 atom stereocenters. The van der Waals surface area contributed by atoms with Crippen molar-refractivity contribution < 1.29 is 0 Å². The van der Waals surface area contributed by atoms with Gasteiger partial charge in [0.05, 0.1) is 6.20 Å². The molecule has 0 fully saturated rings. The molecule has 0 spiro atoms. The average Bonchev–Trinajstić information content (AvgIpc) is 2.47. The summed E-state index contributed by atoms with van der Waals surface area (Å²) in [5.41, 5.74) is 6.47. The number of aromatic nitrogens is 2. The highest BCUT2D eigenvalue weighted by Crippen LogP contribution is 2.17. The molecule has 1 aromatic rings. The number of nitrogens with zero attached hydrogens (tertiary/aromatic N) is 2. The van der Waals surface area contributed by atoms with Crippen LogP contribution in [0, 0.1) is 0 Å². The van der Waals surface area contributed by atoms with Crippen molar-refractivity contribution in [3.63, 3.8) is 0 Å². The van der Waals surface area contributed by atoms with Crippen LogP contribution in [-0.4, -0.2) is 22.1 Å². The number of rotatable bonds is 4. The fourth-order valence-electron chi connectivity index (χ4n) is 0.718. The Morgan fingerprint density at radius 1 is 1.83 bits per heavy atom. The minimum atomic E-state index is 0.563. The first-order valence-electron chi connectivity index (χ1n) is 3.70. The molecule has 0 amide bonds. The Hall–Kier alpha value is -0.740. The second-order valence-corrected chi connectivity index (χ2v) is 3.64. The van der Waals surface area contributed by atoms with Crippen LogP contribution < -0.4 is 5.73 Å². The molecule has 4 heteroatoms. The third-order valence-electron chi connectivity index (χ3n) is 1.41. The lowest BCUT2D eigenvalue weighted by atomic mass is 10.4. The highest BCUT2D eigenvalue weighted by atomic mass is 32.2. The Bertz CT molecular complexity index is 267. The first-order chi connectivity index (χ1) is 5.72. The van der Waals surface area contributed by atoms with E-state index in [0.717, 1.165) is 16.2 Å². The van der Waals surface area contributed by atoms with Gasteiger partial charge in [-0.15, -0.1) is 11.8 Å². The molecule has 0 saturated carbocycles. The standard InChI is InChI=1S/C8H13N3S/c1-7(3-9)6-12-8-4-10-11(2)5-8/h4-5H,1,3,6,9H2,2H3. The van der Waals surface area contributed by atoms with Gasteiger partial charge in [-0.3, -0.25) is 4.68 Å². The predicted molar refractivity (Wildman–Crippen MR) is 52.1 cm³/mol. The average molecular weight is 183 g/mol. The van der Waals surface area contributed by atoms with E-state index in [1.54, 1.807) is 16.4 Å². The van der Waals surface area contributed by atoms with Crippen molar-refractivity contribution in [2.45, 2.75) is 4.90 Å². The zero-order valence-corrected chi connectivity index (χ0v) is 7.97. The molecular formula is C8H13N3S. The van der Waals surface area contributed by atoms with Crippen molar-refractivity contribution in [3.8, 4) is 0 Å². The largest absolute Gasteiger partial charge is 0.327 e. The van der Waals surface area contributed by atoms with Crippen LogP contribution in [-0.2, 0) is 7.05 Å². The molecule has 3 nitrogen and oxygen atoms in total. The van der Waals surface area contributed by atoms with Crippen LogP contribution in [0.2, 0.25) is 0 Å². The zero-order chi connectivity index (χ0) is 8.97. The SMILES string of the molecule is C=C(CN)CSc1cnn(C)c1. The van der Waals surface area contributed by atoms with Crippen molar-refractivity contribution in [3.05, 3.63) is 24.5 Å². The van der Waals surface area contributed by atoms with E-state index in [1.807, 2.05) is 19.4 Å². The normalized spacial score (nSPS) is 10.2. The fraction of sp³-hybridized carbons (Fsp3) is 0.375. The van der Waals surface area contributed by atoms with Crippen LogP contribution in [0.25, 0.3) is 0 Å². The second kappa shape index (κ2) is 4.33. The smallest absolute Gasteiger partial charge is 0.0625 e. The van der Waals surface area contributed by atoms with Crippen LogP contribution in [0.1, 0.15) is 0 Å². The Morgan fingerprint density at radius 2 is 2.58 bits per heavy atom. The van der Waals surface area contributed by atoms with E-state index >= 15 is 0 Å². The summed E-state index contributed by atoms with van der Waals surface area (Å²) in [5, 5.41) is 4.06. The van der Waals surface area contributed by atoms with Crippen LogP contribution >= 0.6 is 11.8 Å². The van der Waals surface area contributed by atoms with E-state index in [9.17, 15) is 0 Å². The predicted octanol–water partition coefficient (Wildman–Crippen LogP) is 1.03. The molecule has 1 aromatic heterocycles. The van der Waals surface area contributed by atoms with Crippen LogP contribution in [0.15, 0.2) is 29.4 Å². The highest BCUT2D eigenvalue weighted by molar-refractivity contribution is 7.99. The van der Waals surface area contributed by atoms with Gasteiger partial charge in [0.25, 0.3) is 0 Å². The molecule has 0 bridgehead atoms. The summed E-state index contributed by atoms with van der Waals surface area (Å²) in [4.78, 5) is 1.16. The summed E-state index contributed by atoms with van der Waals surface area (Å²) in [7, 11) is 1.90. The molecule has 0 aliphatic heterocycles. The first-order valence-corrected chi connectivity index (χ1v) is 4.69. The van der Waals surface area contributed by atoms with Gasteiger partial charge in [-0.05, 0) is 0 Å². The van der Waals surface area contributed by atoms with Gasteiger partial charge in [0, 0.05) is 30.4 Å². The second-order valence-electron chi connectivity index (χ2n) is 2.59. The minimum Gasteiger partial charge on any atom is -0.327 e. The molecule has 1 heterocycles. The number of hydrogen-bond donors (Lipinski definition) is 1. The third-order valence-corrected chi connectivity index (χ3v) is 2.51. The van der Waals surface area contributed by atoms with Gasteiger partial charge < -0.3 is 5.73 Å². The Labute approximate surface area is 76.6 Å². The molecule has 0 aliphatic rings. The molecule has 0 unspecified atom stereocenters. The molecule has 0 saturated heterocycles. The van der Waals surface area contributed by atoms with Crippen LogP contribution in [0.3, 0.4) is 0 Å². The summed E-state index contributed by atoms with van der Waals surface area (Å²) in [6, 6.07) is 0. The summed E-state index contributed by atoms with van der Waals surface area (Å²) >= 11 is 1.71. The van der Waals surface area contributed by atoms with Gasteiger partial charge >= 0.3 is 0 Å². The van der Waals surface area contributed by atoms with Crippen molar-refractivity contribution in [2.24, 2.45) is 12.8 Å². The number of hydrogen-bond acceptors (Lipinski definition) is 3. The lowest BCUT2D eigenvalue weighted by Gasteiger charge is -1.98. The monoisotopic (exact) mass is 183 g/mol. The summed E-state index contributed by atoms with van der Waals surface area (Å²) < 4.78 is 1.79. The van der Waals surface area contributed by atoms with Crippen molar-refractivity contribution in [1.82, 2.24) is 9.78 Å². The maximum absolute atomic E-state index is 5.41. The Morgan fingerprint density at radius 3 is 3.08 bits per heavy atom. The van der Waals surface area contributed by atoms with E-state index in [4.69, 9.17) is 5.73 Å². The molecular weight excluding hydrogens is 170 g/mol. The molecule has 0 aliphatic carbocycles. The minimum absolute atomic E-state index is 0.563. The van der Waals surface area contributed by atoms with E-state index in [0.29, 0.717) is 6.54 Å². The van der Waals surface area contributed by atoms with Gasteiger partial charge in [-0.25, -0.2) is 0 Å². The van der Waals surface area contributed by atoms with Gasteiger partial charge in [-0.2, -0.15) is 5.10 Å². The number of nitrogens with two attached hydrogens (primary N) is 1. The van der Waals surface area contributed by atoms with E-state index in [1.165, 1.54) is 0 Å². The molecule has 0 aromatic carbocycles. The lowest BCUT2D eigenvalue weighted by molar-refractivity contribution is 0.766. The first kappa shape index (κ1) is 9.35. The summed E-state index contributed by atoms with van der Waals surface area (Å²) in [5.74, 6) is 0.877. The fourth-order valence-corrected chi connectivity index (χ4v) is 1.56. The maximum Gasteiger partial charge on any atom is 0.0625 e. The lowest BCUT2D eigenvalue weighted by Crippen LogP contribution is -2.03. The zero-order valence-electron chi connectivity index (χ0n) is 7.16. The Kier molecular flexibility index (Phi) is 3.37. The van der Waals surface area contributed by atoms with Crippen LogP contribution in [0.5, 0.6) is 0 Å².